The first-order valence-corrected chi connectivity index (χ1v) is 9.73. The van der Waals surface area contributed by atoms with E-state index in [2.05, 4.69) is 25.9 Å². The summed E-state index contributed by atoms with van der Waals surface area (Å²) in [6, 6.07) is 4.49. The van der Waals surface area contributed by atoms with Gasteiger partial charge in [0.2, 0.25) is 5.91 Å². The van der Waals surface area contributed by atoms with Crippen LogP contribution in [0.4, 0.5) is 4.39 Å². The van der Waals surface area contributed by atoms with Crippen LogP contribution in [-0.4, -0.2) is 51.7 Å². The van der Waals surface area contributed by atoms with Gasteiger partial charge in [-0.3, -0.25) is 14.4 Å². The lowest BCUT2D eigenvalue weighted by Gasteiger charge is -2.35. The number of aryl methyl sites for hydroxylation is 2. The molecular weight excluding hydrogens is 423 g/mol. The van der Waals surface area contributed by atoms with Gasteiger partial charge < -0.3 is 4.90 Å². The van der Waals surface area contributed by atoms with E-state index in [0.717, 1.165) is 28.8 Å². The molecule has 140 valence electrons. The van der Waals surface area contributed by atoms with Crippen LogP contribution in [0.25, 0.3) is 0 Å². The minimum Gasteiger partial charge on any atom is -0.340 e. The SMILES string of the molecule is Cc1nn(CCC(=O)N2CCN(Cc3ccc(F)cc3Cl)CC2)cc1Br. The molecule has 0 N–H and O–H groups in total. The number of hydrogen-bond acceptors (Lipinski definition) is 3. The number of piperazine rings is 1. The van der Waals surface area contributed by atoms with Gasteiger partial charge in [0.15, 0.2) is 0 Å². The summed E-state index contributed by atoms with van der Waals surface area (Å²) in [4.78, 5) is 16.5. The standard InChI is InChI=1S/C18H21BrClFN4O/c1-13-16(19)12-25(22-13)5-4-18(26)24-8-6-23(7-9-24)11-14-2-3-15(21)10-17(14)20/h2-3,10,12H,4-9,11H2,1H3. The molecule has 1 aromatic heterocycles. The molecule has 8 heteroatoms. The Hall–Kier alpha value is -1.44. The third-order valence-electron chi connectivity index (χ3n) is 4.58. The molecule has 5 nitrogen and oxygen atoms in total. The normalized spacial score (nSPS) is 15.5. The number of nitrogens with zero attached hydrogens (tertiary/aromatic N) is 4. The molecule has 2 aromatic rings. The van der Waals surface area contributed by atoms with E-state index in [1.807, 2.05) is 18.0 Å². The van der Waals surface area contributed by atoms with Gasteiger partial charge in [0.05, 0.1) is 10.2 Å². The highest BCUT2D eigenvalue weighted by Crippen LogP contribution is 2.20. The van der Waals surface area contributed by atoms with Gasteiger partial charge in [0, 0.05) is 56.9 Å². The number of amides is 1. The summed E-state index contributed by atoms with van der Waals surface area (Å²) in [6.45, 7) is 6.13. The van der Waals surface area contributed by atoms with Crippen molar-refractivity contribution >= 4 is 33.4 Å². The molecule has 1 fully saturated rings. The van der Waals surface area contributed by atoms with Crippen LogP contribution in [-0.2, 0) is 17.9 Å². The van der Waals surface area contributed by atoms with Gasteiger partial charge >= 0.3 is 0 Å². The molecule has 0 atom stereocenters. The van der Waals surface area contributed by atoms with Gasteiger partial charge in [-0.25, -0.2) is 4.39 Å². The first-order valence-electron chi connectivity index (χ1n) is 8.56. The first-order chi connectivity index (χ1) is 12.4. The summed E-state index contributed by atoms with van der Waals surface area (Å²) < 4.78 is 15.9. The highest BCUT2D eigenvalue weighted by Gasteiger charge is 2.21. The Kier molecular flexibility index (Phi) is 6.32. The maximum atomic E-state index is 13.1. The van der Waals surface area contributed by atoms with Crippen molar-refractivity contribution in [3.05, 3.63) is 51.0 Å². The summed E-state index contributed by atoms with van der Waals surface area (Å²) in [5.41, 5.74) is 1.83. The van der Waals surface area contributed by atoms with E-state index in [1.54, 1.807) is 10.7 Å². The van der Waals surface area contributed by atoms with Crippen molar-refractivity contribution in [3.63, 3.8) is 0 Å². The highest BCUT2D eigenvalue weighted by molar-refractivity contribution is 9.10. The van der Waals surface area contributed by atoms with E-state index >= 15 is 0 Å². The fourth-order valence-corrected chi connectivity index (χ4v) is 3.57. The van der Waals surface area contributed by atoms with Crippen LogP contribution in [0.3, 0.4) is 0 Å². The quantitative estimate of drug-likeness (QED) is 0.710. The summed E-state index contributed by atoms with van der Waals surface area (Å²) in [5, 5.41) is 4.80. The molecule has 1 aliphatic heterocycles. The number of carbonyl (C=O) groups is 1. The molecule has 26 heavy (non-hydrogen) atoms. The molecule has 0 unspecified atom stereocenters. The number of hydrogen-bond donors (Lipinski definition) is 0. The summed E-state index contributed by atoms with van der Waals surface area (Å²) in [6.07, 6.45) is 2.34. The minimum atomic E-state index is -0.325. The Morgan fingerprint density at radius 1 is 1.31 bits per heavy atom. The van der Waals surface area contributed by atoms with Gasteiger partial charge in [0.1, 0.15) is 5.82 Å². The summed E-state index contributed by atoms with van der Waals surface area (Å²) in [7, 11) is 0. The lowest BCUT2D eigenvalue weighted by Crippen LogP contribution is -2.48. The van der Waals surface area contributed by atoms with Gasteiger partial charge in [-0.05, 0) is 40.5 Å². The third-order valence-corrected chi connectivity index (χ3v) is 5.71. The molecule has 0 spiro atoms. The van der Waals surface area contributed by atoms with Crippen molar-refractivity contribution < 1.29 is 9.18 Å². The van der Waals surface area contributed by atoms with Crippen LogP contribution in [0.2, 0.25) is 5.02 Å². The van der Waals surface area contributed by atoms with Crippen LogP contribution in [0.5, 0.6) is 0 Å². The monoisotopic (exact) mass is 442 g/mol. The molecule has 0 saturated carbocycles. The largest absolute Gasteiger partial charge is 0.340 e. The Morgan fingerprint density at radius 3 is 2.65 bits per heavy atom. The van der Waals surface area contributed by atoms with Gasteiger partial charge in [-0.15, -0.1) is 0 Å². The minimum absolute atomic E-state index is 0.147. The second-order valence-electron chi connectivity index (χ2n) is 6.47. The molecule has 1 saturated heterocycles. The van der Waals surface area contributed by atoms with Crippen molar-refractivity contribution in [1.82, 2.24) is 19.6 Å². The zero-order chi connectivity index (χ0) is 18.7. The number of benzene rings is 1. The van der Waals surface area contributed by atoms with Crippen molar-refractivity contribution in [2.45, 2.75) is 26.4 Å². The predicted octanol–water partition coefficient (Wildman–Crippen LogP) is 3.48. The van der Waals surface area contributed by atoms with E-state index < -0.39 is 0 Å². The average Bonchev–Trinajstić information content (AvgIpc) is 2.94. The highest BCUT2D eigenvalue weighted by atomic mass is 79.9. The topological polar surface area (TPSA) is 41.4 Å². The van der Waals surface area contributed by atoms with Gasteiger partial charge in [-0.2, -0.15) is 5.10 Å². The fraction of sp³-hybridized carbons (Fsp3) is 0.444. The summed E-state index contributed by atoms with van der Waals surface area (Å²) in [5.74, 6) is -0.178. The Bertz CT molecular complexity index is 770. The van der Waals surface area contributed by atoms with E-state index in [4.69, 9.17) is 11.6 Å². The second kappa shape index (κ2) is 8.50. The van der Waals surface area contributed by atoms with Crippen LogP contribution in [0.15, 0.2) is 28.9 Å². The van der Waals surface area contributed by atoms with Crippen LogP contribution in [0, 0.1) is 12.7 Å². The molecule has 1 aromatic carbocycles. The molecule has 0 bridgehead atoms. The lowest BCUT2D eigenvalue weighted by atomic mass is 10.2. The maximum absolute atomic E-state index is 13.1. The van der Waals surface area contributed by atoms with E-state index in [9.17, 15) is 9.18 Å². The third kappa shape index (κ3) is 4.84. The Morgan fingerprint density at radius 2 is 2.04 bits per heavy atom. The van der Waals surface area contributed by atoms with Crippen molar-refractivity contribution in [2.24, 2.45) is 0 Å². The van der Waals surface area contributed by atoms with Crippen molar-refractivity contribution in [1.29, 1.82) is 0 Å². The van der Waals surface area contributed by atoms with Crippen LogP contribution < -0.4 is 0 Å². The smallest absolute Gasteiger partial charge is 0.224 e. The Balaban J connectivity index is 1.46. The first kappa shape index (κ1) is 19.3. The fourth-order valence-electron chi connectivity index (χ4n) is 3.02. The van der Waals surface area contributed by atoms with E-state index in [0.29, 0.717) is 37.6 Å². The van der Waals surface area contributed by atoms with Crippen molar-refractivity contribution in [2.75, 3.05) is 26.2 Å². The molecule has 1 amide bonds. The number of halogens is 3. The molecule has 3 rings (SSSR count). The molecular formula is C18H21BrClFN4O. The van der Waals surface area contributed by atoms with Crippen molar-refractivity contribution in [3.8, 4) is 0 Å². The molecule has 0 aliphatic carbocycles. The Labute approximate surface area is 165 Å². The average molecular weight is 444 g/mol. The predicted molar refractivity (Wildman–Crippen MR) is 103 cm³/mol. The van der Waals surface area contributed by atoms with Gasteiger partial charge in [-0.1, -0.05) is 17.7 Å². The zero-order valence-electron chi connectivity index (χ0n) is 14.6. The van der Waals surface area contributed by atoms with E-state index in [-0.39, 0.29) is 11.7 Å². The lowest BCUT2D eigenvalue weighted by molar-refractivity contribution is -0.133. The van der Waals surface area contributed by atoms with Crippen LogP contribution in [0.1, 0.15) is 17.7 Å². The zero-order valence-corrected chi connectivity index (χ0v) is 16.9. The van der Waals surface area contributed by atoms with Gasteiger partial charge in [0.25, 0.3) is 0 Å². The van der Waals surface area contributed by atoms with E-state index in [1.165, 1.54) is 12.1 Å². The van der Waals surface area contributed by atoms with Crippen LogP contribution >= 0.6 is 27.5 Å². The molecule has 0 radical (unpaired) electrons. The molecule has 2 heterocycles. The number of carbonyl (C=O) groups excluding carboxylic acids is 1. The molecule has 1 aliphatic rings. The summed E-state index contributed by atoms with van der Waals surface area (Å²) >= 11 is 9.53. The second-order valence-corrected chi connectivity index (χ2v) is 7.73. The maximum Gasteiger partial charge on any atom is 0.224 e. The number of rotatable bonds is 5. The number of aromatic nitrogens is 2.